The highest BCUT2D eigenvalue weighted by molar-refractivity contribution is 7.80. The lowest BCUT2D eigenvalue weighted by atomic mass is 10.2. The quantitative estimate of drug-likeness (QED) is 0.492. The van der Waals surface area contributed by atoms with Crippen LogP contribution in [0.1, 0.15) is 0 Å². The Morgan fingerprint density at radius 2 is 1.78 bits per heavy atom. The summed E-state index contributed by atoms with van der Waals surface area (Å²) in [6.45, 7) is 0. The number of rotatable bonds is 5. The van der Waals surface area contributed by atoms with Gasteiger partial charge < -0.3 is 20.1 Å². The summed E-state index contributed by atoms with van der Waals surface area (Å²) in [5.74, 6) is 1.07. The zero-order valence-corrected chi connectivity index (χ0v) is 13.3. The predicted octanol–water partition coefficient (Wildman–Crippen LogP) is 3.42. The Kier molecular flexibility index (Phi) is 5.32. The van der Waals surface area contributed by atoms with Gasteiger partial charge in [0.05, 0.1) is 25.2 Å². The van der Waals surface area contributed by atoms with Crippen molar-refractivity contribution in [2.24, 2.45) is 0 Å². The maximum absolute atomic E-state index is 11.1. The molecule has 120 valence electrons. The predicted molar refractivity (Wildman–Crippen MR) is 92.5 cm³/mol. The molecule has 0 heterocycles. The van der Waals surface area contributed by atoms with Gasteiger partial charge >= 0.3 is 0 Å². The number of anilines is 2. The summed E-state index contributed by atoms with van der Waals surface area (Å²) in [4.78, 5) is 10.6. The summed E-state index contributed by atoms with van der Waals surface area (Å²) in [6, 6.07) is 11.7. The number of nitrogens with zero attached hydrogens (tertiary/aromatic N) is 1. The molecule has 2 rings (SSSR count). The third kappa shape index (κ3) is 4.30. The van der Waals surface area contributed by atoms with E-state index in [2.05, 4.69) is 10.6 Å². The third-order valence-corrected chi connectivity index (χ3v) is 3.18. The van der Waals surface area contributed by atoms with E-state index in [-0.39, 0.29) is 16.5 Å². The van der Waals surface area contributed by atoms with Crippen molar-refractivity contribution in [2.75, 3.05) is 24.9 Å². The normalized spacial score (nSPS) is 9.83. The number of hydrogen-bond donors (Lipinski definition) is 2. The molecule has 0 spiro atoms. The monoisotopic (exact) mass is 333 g/mol. The van der Waals surface area contributed by atoms with E-state index in [9.17, 15) is 10.1 Å². The van der Waals surface area contributed by atoms with E-state index in [4.69, 9.17) is 21.7 Å². The van der Waals surface area contributed by atoms with Crippen LogP contribution in [-0.2, 0) is 0 Å². The molecule has 2 aromatic rings. The van der Waals surface area contributed by atoms with E-state index in [0.29, 0.717) is 17.2 Å². The maximum Gasteiger partial charge on any atom is 0.296 e. The van der Waals surface area contributed by atoms with E-state index in [1.807, 2.05) is 0 Å². The molecule has 0 aromatic heterocycles. The second-order valence-corrected chi connectivity index (χ2v) is 4.86. The first-order valence-corrected chi connectivity index (χ1v) is 6.99. The summed E-state index contributed by atoms with van der Waals surface area (Å²) in [7, 11) is 3.01. The SMILES string of the molecule is COc1cccc(NC(=S)Nc2ccc(OC)cc2[N+](=O)[O-])c1. The maximum atomic E-state index is 11.1. The fourth-order valence-electron chi connectivity index (χ4n) is 1.88. The van der Waals surface area contributed by atoms with E-state index in [1.165, 1.54) is 19.2 Å². The molecule has 2 aromatic carbocycles. The van der Waals surface area contributed by atoms with Crippen LogP contribution in [0.2, 0.25) is 0 Å². The Morgan fingerprint density at radius 1 is 1.09 bits per heavy atom. The van der Waals surface area contributed by atoms with Crippen LogP contribution in [-0.4, -0.2) is 24.3 Å². The van der Waals surface area contributed by atoms with E-state index < -0.39 is 4.92 Å². The van der Waals surface area contributed by atoms with Crippen LogP contribution in [0.25, 0.3) is 0 Å². The molecule has 0 amide bonds. The Labute approximate surface area is 138 Å². The number of nitrogens with one attached hydrogen (secondary N) is 2. The van der Waals surface area contributed by atoms with Gasteiger partial charge in [0.25, 0.3) is 5.69 Å². The van der Waals surface area contributed by atoms with Crippen molar-refractivity contribution in [1.29, 1.82) is 0 Å². The van der Waals surface area contributed by atoms with Crippen LogP contribution in [0, 0.1) is 10.1 Å². The van der Waals surface area contributed by atoms with Gasteiger partial charge in [0.1, 0.15) is 17.2 Å². The first kappa shape index (κ1) is 16.5. The van der Waals surface area contributed by atoms with Gasteiger partial charge in [0, 0.05) is 11.8 Å². The molecule has 0 saturated heterocycles. The highest BCUT2D eigenvalue weighted by Crippen LogP contribution is 2.29. The molecule has 0 aliphatic heterocycles. The summed E-state index contributed by atoms with van der Waals surface area (Å²) >= 11 is 5.19. The van der Waals surface area contributed by atoms with Crippen LogP contribution >= 0.6 is 12.2 Å². The number of nitro benzene ring substituents is 1. The first-order valence-electron chi connectivity index (χ1n) is 6.58. The zero-order valence-electron chi connectivity index (χ0n) is 12.5. The second-order valence-electron chi connectivity index (χ2n) is 4.45. The molecule has 0 atom stereocenters. The molecular weight excluding hydrogens is 318 g/mol. The first-order chi connectivity index (χ1) is 11.0. The van der Waals surface area contributed by atoms with Crippen molar-refractivity contribution in [3.05, 3.63) is 52.6 Å². The fourth-order valence-corrected chi connectivity index (χ4v) is 2.11. The standard InChI is InChI=1S/C15H15N3O4S/c1-21-11-5-3-4-10(8-11)16-15(23)17-13-7-6-12(22-2)9-14(13)18(19)20/h3-9H,1-2H3,(H2,16,17,23). The molecule has 0 radical (unpaired) electrons. The molecule has 0 fully saturated rings. The number of nitro groups is 1. The summed E-state index contributed by atoms with van der Waals surface area (Å²) in [5, 5.41) is 17.1. The van der Waals surface area contributed by atoms with Gasteiger partial charge in [-0.1, -0.05) is 6.07 Å². The lowest BCUT2D eigenvalue weighted by Crippen LogP contribution is -2.19. The molecule has 0 aliphatic rings. The topological polar surface area (TPSA) is 85.7 Å². The number of hydrogen-bond acceptors (Lipinski definition) is 5. The summed E-state index contributed by atoms with van der Waals surface area (Å²) in [6.07, 6.45) is 0. The Balaban J connectivity index is 2.15. The number of thiocarbonyl (C=S) groups is 1. The average Bonchev–Trinajstić information content (AvgIpc) is 2.55. The van der Waals surface area contributed by atoms with Crippen LogP contribution < -0.4 is 20.1 Å². The van der Waals surface area contributed by atoms with Gasteiger partial charge in [0.15, 0.2) is 5.11 Å². The van der Waals surface area contributed by atoms with Gasteiger partial charge in [-0.05, 0) is 36.5 Å². The van der Waals surface area contributed by atoms with Gasteiger partial charge in [0.2, 0.25) is 0 Å². The largest absolute Gasteiger partial charge is 0.497 e. The van der Waals surface area contributed by atoms with Crippen LogP contribution in [0.5, 0.6) is 11.5 Å². The van der Waals surface area contributed by atoms with Gasteiger partial charge in [-0.25, -0.2) is 0 Å². The summed E-state index contributed by atoms with van der Waals surface area (Å²) < 4.78 is 10.1. The highest BCUT2D eigenvalue weighted by atomic mass is 32.1. The van der Waals surface area contributed by atoms with Crippen molar-refractivity contribution in [1.82, 2.24) is 0 Å². The molecule has 0 bridgehead atoms. The van der Waals surface area contributed by atoms with Crippen LogP contribution in [0.4, 0.5) is 17.1 Å². The van der Waals surface area contributed by atoms with Crippen molar-refractivity contribution >= 4 is 34.4 Å². The van der Waals surface area contributed by atoms with Crippen molar-refractivity contribution in [2.45, 2.75) is 0 Å². The molecular formula is C15H15N3O4S. The van der Waals surface area contributed by atoms with E-state index in [1.54, 1.807) is 37.4 Å². The van der Waals surface area contributed by atoms with Crippen LogP contribution in [0.3, 0.4) is 0 Å². The van der Waals surface area contributed by atoms with Crippen molar-refractivity contribution in [3.63, 3.8) is 0 Å². The molecule has 0 unspecified atom stereocenters. The second kappa shape index (κ2) is 7.41. The molecule has 7 nitrogen and oxygen atoms in total. The molecule has 2 N–H and O–H groups in total. The van der Waals surface area contributed by atoms with Gasteiger partial charge in [-0.2, -0.15) is 0 Å². The van der Waals surface area contributed by atoms with Gasteiger partial charge in [-0.3, -0.25) is 10.1 Å². The minimum absolute atomic E-state index is 0.126. The Hall–Kier alpha value is -2.87. The van der Waals surface area contributed by atoms with E-state index >= 15 is 0 Å². The van der Waals surface area contributed by atoms with Crippen molar-refractivity contribution in [3.8, 4) is 11.5 Å². The zero-order chi connectivity index (χ0) is 16.8. The molecule has 0 saturated carbocycles. The minimum Gasteiger partial charge on any atom is -0.497 e. The number of benzene rings is 2. The highest BCUT2D eigenvalue weighted by Gasteiger charge is 2.16. The average molecular weight is 333 g/mol. The van der Waals surface area contributed by atoms with Gasteiger partial charge in [-0.15, -0.1) is 0 Å². The van der Waals surface area contributed by atoms with Crippen molar-refractivity contribution < 1.29 is 14.4 Å². The molecule has 0 aliphatic carbocycles. The molecule has 23 heavy (non-hydrogen) atoms. The Bertz CT molecular complexity index is 736. The fraction of sp³-hybridized carbons (Fsp3) is 0.133. The van der Waals surface area contributed by atoms with E-state index in [0.717, 1.165) is 0 Å². The number of ether oxygens (including phenoxy) is 2. The number of methoxy groups -OCH3 is 2. The lowest BCUT2D eigenvalue weighted by molar-refractivity contribution is -0.384. The van der Waals surface area contributed by atoms with Crippen LogP contribution in [0.15, 0.2) is 42.5 Å². The summed E-state index contributed by atoms with van der Waals surface area (Å²) in [5.41, 5.74) is 0.855. The lowest BCUT2D eigenvalue weighted by Gasteiger charge is -2.12. The molecule has 8 heteroatoms. The Morgan fingerprint density at radius 3 is 2.43 bits per heavy atom. The smallest absolute Gasteiger partial charge is 0.296 e. The third-order valence-electron chi connectivity index (χ3n) is 2.98. The minimum atomic E-state index is -0.501.